The third-order valence-electron chi connectivity index (χ3n) is 8.83. The van der Waals surface area contributed by atoms with E-state index in [1.807, 2.05) is 29.2 Å². The van der Waals surface area contributed by atoms with Gasteiger partial charge in [-0.25, -0.2) is 0 Å². The van der Waals surface area contributed by atoms with E-state index in [-0.39, 0.29) is 18.6 Å². The highest BCUT2D eigenvalue weighted by molar-refractivity contribution is 6.30. The van der Waals surface area contributed by atoms with E-state index in [0.717, 1.165) is 80.6 Å². The molecule has 0 spiro atoms. The molecular formula is C33H39ClN4O3. The lowest BCUT2D eigenvalue weighted by atomic mass is 9.88. The van der Waals surface area contributed by atoms with Crippen LogP contribution in [0.3, 0.4) is 0 Å². The third kappa shape index (κ3) is 6.54. The van der Waals surface area contributed by atoms with Crippen molar-refractivity contribution < 1.29 is 14.3 Å². The molecule has 3 aromatic rings. The number of hydrogen-bond acceptors (Lipinski definition) is 6. The van der Waals surface area contributed by atoms with Gasteiger partial charge in [0.15, 0.2) is 11.5 Å². The van der Waals surface area contributed by atoms with Gasteiger partial charge in [-0.2, -0.15) is 0 Å². The van der Waals surface area contributed by atoms with Crippen molar-refractivity contribution in [2.45, 2.75) is 31.8 Å². The Morgan fingerprint density at radius 2 is 1.66 bits per heavy atom. The highest BCUT2D eigenvalue weighted by Gasteiger charge is 2.33. The number of carbonyl (C=O) groups is 1. The molecular weight excluding hydrogens is 536 g/mol. The first kappa shape index (κ1) is 28.0. The zero-order valence-corrected chi connectivity index (χ0v) is 24.3. The van der Waals surface area contributed by atoms with Crippen molar-refractivity contribution in [2.24, 2.45) is 11.7 Å². The monoisotopic (exact) mass is 574 g/mol. The van der Waals surface area contributed by atoms with Crippen molar-refractivity contribution in [3.63, 3.8) is 0 Å². The lowest BCUT2D eigenvalue weighted by Crippen LogP contribution is -2.55. The Morgan fingerprint density at radius 1 is 0.878 bits per heavy atom. The summed E-state index contributed by atoms with van der Waals surface area (Å²) >= 11 is 6.36. The number of likely N-dealkylation sites (tertiary alicyclic amines) is 1. The Labute approximate surface area is 247 Å². The van der Waals surface area contributed by atoms with Crippen LogP contribution in [0, 0.1) is 5.92 Å². The Bertz CT molecular complexity index is 1340. The molecule has 0 bridgehead atoms. The zero-order valence-electron chi connectivity index (χ0n) is 23.5. The van der Waals surface area contributed by atoms with E-state index in [2.05, 4.69) is 52.3 Å². The Kier molecular flexibility index (Phi) is 8.77. The Morgan fingerprint density at radius 3 is 2.44 bits per heavy atom. The lowest BCUT2D eigenvalue weighted by Gasteiger charge is -2.39. The number of hydrogen-bond donors (Lipinski definition) is 1. The van der Waals surface area contributed by atoms with Crippen molar-refractivity contribution >= 4 is 17.5 Å². The van der Waals surface area contributed by atoms with Crippen LogP contribution in [0.15, 0.2) is 66.7 Å². The fourth-order valence-electron chi connectivity index (χ4n) is 6.38. The van der Waals surface area contributed by atoms with E-state index < -0.39 is 6.04 Å². The summed E-state index contributed by atoms with van der Waals surface area (Å²) in [5.41, 5.74) is 11.5. The number of carbonyl (C=O) groups excluding carboxylic acids is 1. The van der Waals surface area contributed by atoms with Gasteiger partial charge in [0.1, 0.15) is 0 Å². The van der Waals surface area contributed by atoms with Crippen LogP contribution >= 0.6 is 11.6 Å². The summed E-state index contributed by atoms with van der Waals surface area (Å²) in [5.74, 6) is 2.00. The number of piperazine rings is 1. The number of fused-ring (bicyclic) bond motifs is 1. The molecule has 3 aromatic carbocycles. The molecule has 1 atom stereocenters. The minimum Gasteiger partial charge on any atom is -0.454 e. The maximum atomic E-state index is 13.3. The Balaban J connectivity index is 0.962. The van der Waals surface area contributed by atoms with Gasteiger partial charge in [-0.05, 0) is 73.2 Å². The minimum atomic E-state index is -0.427. The molecule has 8 heteroatoms. The number of nitrogens with two attached hydrogens (primary N) is 1. The maximum absolute atomic E-state index is 13.3. The number of ether oxygens (including phenoxy) is 2. The second kappa shape index (κ2) is 12.8. The van der Waals surface area contributed by atoms with Crippen molar-refractivity contribution in [3.8, 4) is 22.6 Å². The zero-order chi connectivity index (χ0) is 28.2. The van der Waals surface area contributed by atoms with Crippen LogP contribution in [-0.2, 0) is 17.8 Å². The van der Waals surface area contributed by atoms with Crippen LogP contribution in [0.2, 0.25) is 5.02 Å². The first-order valence-corrected chi connectivity index (χ1v) is 15.1. The number of rotatable bonds is 8. The molecule has 0 aliphatic carbocycles. The van der Waals surface area contributed by atoms with Crippen LogP contribution in [0.1, 0.15) is 24.0 Å². The normalized spacial score (nSPS) is 18.9. The van der Waals surface area contributed by atoms with Gasteiger partial charge in [-0.3, -0.25) is 9.69 Å². The summed E-state index contributed by atoms with van der Waals surface area (Å²) in [7, 11) is 0. The quantitative estimate of drug-likeness (QED) is 0.422. The van der Waals surface area contributed by atoms with E-state index in [4.69, 9.17) is 26.8 Å². The smallest absolute Gasteiger partial charge is 0.239 e. The fraction of sp³-hybridized carbons (Fsp3) is 0.424. The number of halogens is 1. The number of benzene rings is 3. The first-order chi connectivity index (χ1) is 20.0. The summed E-state index contributed by atoms with van der Waals surface area (Å²) in [4.78, 5) is 20.2. The molecule has 1 amide bonds. The van der Waals surface area contributed by atoms with E-state index in [1.54, 1.807) is 0 Å². The van der Waals surface area contributed by atoms with Crippen LogP contribution in [0.4, 0.5) is 0 Å². The molecule has 41 heavy (non-hydrogen) atoms. The molecule has 2 saturated heterocycles. The fourth-order valence-corrected chi connectivity index (χ4v) is 6.57. The molecule has 3 aliphatic heterocycles. The van der Waals surface area contributed by atoms with E-state index >= 15 is 0 Å². The number of piperidine rings is 1. The van der Waals surface area contributed by atoms with Gasteiger partial charge in [0.2, 0.25) is 12.7 Å². The largest absolute Gasteiger partial charge is 0.454 e. The average molecular weight is 575 g/mol. The van der Waals surface area contributed by atoms with Gasteiger partial charge in [0.25, 0.3) is 0 Å². The summed E-state index contributed by atoms with van der Waals surface area (Å²) in [6.07, 6.45) is 2.85. The van der Waals surface area contributed by atoms with Gasteiger partial charge < -0.3 is 25.0 Å². The summed E-state index contributed by atoms with van der Waals surface area (Å²) in [5, 5.41) is 0.774. The molecule has 6 rings (SSSR count). The molecule has 3 heterocycles. The molecule has 0 unspecified atom stereocenters. The van der Waals surface area contributed by atoms with Crippen LogP contribution in [0.5, 0.6) is 11.5 Å². The minimum absolute atomic E-state index is 0.104. The lowest BCUT2D eigenvalue weighted by molar-refractivity contribution is -0.136. The average Bonchev–Trinajstić information content (AvgIpc) is 3.51. The van der Waals surface area contributed by atoms with Gasteiger partial charge in [0.05, 0.1) is 6.04 Å². The van der Waals surface area contributed by atoms with Gasteiger partial charge in [0, 0.05) is 49.9 Å². The standard InChI is InChI=1S/C33H39ClN4O3/c34-28-9-10-29(24-5-2-1-3-6-24)26(21-28)13-16-36-14-11-25(12-15-36)31(35)33(39)38-19-17-37(18-20-38)22-27-7-4-8-30-32(27)41-23-40-30/h1-10,21,25,31H,11-20,22-23,35H2/t31-/m1/s1. The van der Waals surface area contributed by atoms with Gasteiger partial charge in [-0.15, -0.1) is 0 Å². The molecule has 3 aliphatic rings. The van der Waals surface area contributed by atoms with E-state index in [9.17, 15) is 4.79 Å². The summed E-state index contributed by atoms with van der Waals surface area (Å²) in [6, 6.07) is 22.3. The topological polar surface area (TPSA) is 71.3 Å². The number of amides is 1. The predicted molar refractivity (Wildman–Crippen MR) is 162 cm³/mol. The van der Waals surface area contributed by atoms with Gasteiger partial charge >= 0.3 is 0 Å². The molecule has 0 saturated carbocycles. The third-order valence-corrected chi connectivity index (χ3v) is 9.07. The van der Waals surface area contributed by atoms with Crippen molar-refractivity contribution in [2.75, 3.05) is 52.6 Å². The molecule has 0 aromatic heterocycles. The molecule has 7 nitrogen and oxygen atoms in total. The second-order valence-corrected chi connectivity index (χ2v) is 11.8. The predicted octanol–water partition coefficient (Wildman–Crippen LogP) is 4.66. The Hall–Kier alpha value is -3.10. The second-order valence-electron chi connectivity index (χ2n) is 11.4. The first-order valence-electron chi connectivity index (χ1n) is 14.8. The van der Waals surface area contributed by atoms with Gasteiger partial charge in [-0.1, -0.05) is 60.1 Å². The van der Waals surface area contributed by atoms with Crippen LogP contribution in [0.25, 0.3) is 11.1 Å². The summed E-state index contributed by atoms with van der Waals surface area (Å²) < 4.78 is 11.2. The van der Waals surface area contributed by atoms with Crippen molar-refractivity contribution in [1.82, 2.24) is 14.7 Å². The molecule has 2 fully saturated rings. The van der Waals surface area contributed by atoms with Crippen LogP contribution in [-0.4, -0.2) is 79.3 Å². The highest BCUT2D eigenvalue weighted by atomic mass is 35.5. The molecule has 0 radical (unpaired) electrons. The molecule has 2 N–H and O–H groups in total. The van der Waals surface area contributed by atoms with E-state index in [1.165, 1.54) is 16.7 Å². The van der Waals surface area contributed by atoms with Crippen LogP contribution < -0.4 is 15.2 Å². The number of nitrogens with zero attached hydrogens (tertiary/aromatic N) is 3. The highest BCUT2D eigenvalue weighted by Crippen LogP contribution is 2.36. The van der Waals surface area contributed by atoms with Crippen molar-refractivity contribution in [3.05, 3.63) is 82.9 Å². The van der Waals surface area contributed by atoms with E-state index in [0.29, 0.717) is 13.1 Å². The molecule has 216 valence electrons. The SMILES string of the molecule is N[C@@H](C(=O)N1CCN(Cc2cccc3c2OCO3)CC1)C1CCN(CCc2cc(Cl)ccc2-c2ccccc2)CC1. The summed E-state index contributed by atoms with van der Waals surface area (Å²) in [6.45, 7) is 7.05. The maximum Gasteiger partial charge on any atom is 0.239 e. The van der Waals surface area contributed by atoms with Crippen molar-refractivity contribution in [1.29, 1.82) is 0 Å². The number of para-hydroxylation sites is 1.